The number of hydrogen-bond donors (Lipinski definition) is 3. The molecule has 1 saturated heterocycles. The van der Waals surface area contributed by atoms with Gasteiger partial charge in [-0.15, -0.1) is 0 Å². The van der Waals surface area contributed by atoms with Crippen LogP contribution in [0.2, 0.25) is 5.02 Å². The fourth-order valence-electron chi connectivity index (χ4n) is 4.65. The Balaban J connectivity index is 1.37. The van der Waals surface area contributed by atoms with Gasteiger partial charge in [-0.1, -0.05) is 29.8 Å². The Bertz CT molecular complexity index is 1490. The number of halogens is 1. The summed E-state index contributed by atoms with van der Waals surface area (Å²) in [4.78, 5) is 48.6. The first-order valence-electron chi connectivity index (χ1n) is 12.6. The molecule has 1 aliphatic heterocycles. The van der Waals surface area contributed by atoms with Gasteiger partial charge in [-0.05, 0) is 73.9 Å². The molecule has 5 rings (SSSR count). The van der Waals surface area contributed by atoms with Gasteiger partial charge in [0.15, 0.2) is 0 Å². The topological polar surface area (TPSA) is 107 Å². The van der Waals surface area contributed by atoms with E-state index in [1.807, 2.05) is 17.9 Å². The van der Waals surface area contributed by atoms with E-state index in [0.717, 1.165) is 37.0 Å². The Kier molecular flexibility index (Phi) is 7.42. The van der Waals surface area contributed by atoms with Gasteiger partial charge in [0.1, 0.15) is 11.9 Å². The molecule has 4 aromatic rings. The van der Waals surface area contributed by atoms with Crippen molar-refractivity contribution in [3.8, 4) is 0 Å². The minimum absolute atomic E-state index is 0.00519. The molecule has 194 valence electrons. The number of aromatic nitrogens is 2. The summed E-state index contributed by atoms with van der Waals surface area (Å²) in [7, 11) is 0. The van der Waals surface area contributed by atoms with Gasteiger partial charge >= 0.3 is 0 Å². The fourth-order valence-corrected chi connectivity index (χ4v) is 4.82. The molecule has 38 heavy (non-hydrogen) atoms. The number of likely N-dealkylation sites (tertiary alicyclic amines) is 1. The van der Waals surface area contributed by atoms with E-state index in [1.54, 1.807) is 60.7 Å². The molecule has 1 unspecified atom stereocenters. The first kappa shape index (κ1) is 25.5. The van der Waals surface area contributed by atoms with Crippen LogP contribution in [0, 0.1) is 6.92 Å². The van der Waals surface area contributed by atoms with Crippen LogP contribution in [-0.2, 0) is 0 Å². The smallest absolute Gasteiger partial charge is 0.254 e. The number of carbonyl (C=O) groups excluding carboxylic acids is 3. The van der Waals surface area contributed by atoms with Gasteiger partial charge < -0.3 is 20.5 Å². The molecule has 3 aromatic carbocycles. The van der Waals surface area contributed by atoms with Gasteiger partial charge in [0, 0.05) is 41.3 Å². The van der Waals surface area contributed by atoms with Crippen molar-refractivity contribution in [1.29, 1.82) is 0 Å². The van der Waals surface area contributed by atoms with Gasteiger partial charge in [-0.25, -0.2) is 4.98 Å². The largest absolute Gasteiger partial charge is 0.350 e. The molecule has 0 radical (unpaired) electrons. The van der Waals surface area contributed by atoms with Gasteiger partial charge in [0.2, 0.25) is 0 Å². The molecule has 0 saturated carbocycles. The number of nitrogens with one attached hydrogen (secondary N) is 3. The SMILES string of the molecule is Cc1cc(C(=O)NC(CNC(=O)c2ccccc2)c2nc3ccc(Cl)cc3[nH]2)ccc1C(=O)N1CCCC1. The highest BCUT2D eigenvalue weighted by atomic mass is 35.5. The van der Waals surface area contributed by atoms with E-state index >= 15 is 0 Å². The van der Waals surface area contributed by atoms with Crippen LogP contribution in [0.1, 0.15) is 61.3 Å². The average Bonchev–Trinajstić information content (AvgIpc) is 3.61. The number of aromatic amines is 1. The maximum absolute atomic E-state index is 13.3. The van der Waals surface area contributed by atoms with Crippen molar-refractivity contribution in [3.63, 3.8) is 0 Å². The summed E-state index contributed by atoms with van der Waals surface area (Å²) in [6, 6.07) is 18.6. The van der Waals surface area contributed by atoms with Crippen LogP contribution in [0.5, 0.6) is 0 Å². The normalized spacial score (nSPS) is 13.9. The van der Waals surface area contributed by atoms with E-state index in [-0.39, 0.29) is 24.3 Å². The van der Waals surface area contributed by atoms with Gasteiger partial charge in [-0.2, -0.15) is 0 Å². The molecule has 1 fully saturated rings. The summed E-state index contributed by atoms with van der Waals surface area (Å²) in [6.07, 6.45) is 2.03. The number of benzene rings is 3. The van der Waals surface area contributed by atoms with Crippen LogP contribution < -0.4 is 10.6 Å². The van der Waals surface area contributed by atoms with Gasteiger partial charge in [0.25, 0.3) is 17.7 Å². The van der Waals surface area contributed by atoms with Crippen LogP contribution in [0.3, 0.4) is 0 Å². The van der Waals surface area contributed by atoms with Crippen molar-refractivity contribution in [2.75, 3.05) is 19.6 Å². The molecule has 0 bridgehead atoms. The number of imidazole rings is 1. The molecule has 0 spiro atoms. The Morgan fingerprint density at radius 2 is 1.74 bits per heavy atom. The number of H-pyrrole nitrogens is 1. The van der Waals surface area contributed by atoms with Gasteiger partial charge in [-0.3, -0.25) is 14.4 Å². The zero-order chi connectivity index (χ0) is 26.6. The molecule has 0 aliphatic carbocycles. The maximum Gasteiger partial charge on any atom is 0.254 e. The third-order valence-corrected chi connectivity index (χ3v) is 6.95. The van der Waals surface area contributed by atoms with E-state index < -0.39 is 6.04 Å². The van der Waals surface area contributed by atoms with E-state index in [2.05, 4.69) is 20.6 Å². The molecule has 3 amide bonds. The molecule has 8 nitrogen and oxygen atoms in total. The monoisotopic (exact) mass is 529 g/mol. The predicted octanol–water partition coefficient (Wildman–Crippen LogP) is 4.66. The van der Waals surface area contributed by atoms with Crippen molar-refractivity contribution >= 4 is 40.4 Å². The third-order valence-electron chi connectivity index (χ3n) is 6.71. The highest BCUT2D eigenvalue weighted by Crippen LogP contribution is 2.21. The maximum atomic E-state index is 13.3. The number of aryl methyl sites for hydroxylation is 1. The van der Waals surface area contributed by atoms with Crippen LogP contribution in [0.4, 0.5) is 0 Å². The molecular weight excluding hydrogens is 502 g/mol. The molecule has 2 heterocycles. The van der Waals surface area contributed by atoms with E-state index in [0.29, 0.717) is 33.1 Å². The van der Waals surface area contributed by atoms with Crippen molar-refractivity contribution in [2.45, 2.75) is 25.8 Å². The second-order valence-electron chi connectivity index (χ2n) is 9.41. The number of carbonyl (C=O) groups is 3. The number of fused-ring (bicyclic) bond motifs is 1. The van der Waals surface area contributed by atoms with Crippen LogP contribution in [0.15, 0.2) is 66.7 Å². The average molecular weight is 530 g/mol. The number of hydrogen-bond acceptors (Lipinski definition) is 4. The van der Waals surface area contributed by atoms with Crippen molar-refractivity contribution in [2.24, 2.45) is 0 Å². The Labute approximate surface area is 225 Å². The standard InChI is InChI=1S/C29H28ClN5O3/c1-18-15-20(9-11-22(18)29(38)35-13-5-6-14-35)28(37)34-25(17-31-27(36)19-7-3-2-4-8-19)26-32-23-12-10-21(30)16-24(23)33-26/h2-4,7-12,15-16,25H,5-6,13-14,17H2,1H3,(H,31,36)(H,32,33)(H,34,37). The number of nitrogens with zero attached hydrogens (tertiary/aromatic N) is 2. The summed E-state index contributed by atoms with van der Waals surface area (Å²) in [5, 5.41) is 6.43. The lowest BCUT2D eigenvalue weighted by atomic mass is 10.0. The predicted molar refractivity (Wildman–Crippen MR) is 146 cm³/mol. The summed E-state index contributed by atoms with van der Waals surface area (Å²) >= 11 is 6.13. The van der Waals surface area contributed by atoms with E-state index in [1.165, 1.54) is 0 Å². The number of amides is 3. The van der Waals surface area contributed by atoms with Crippen molar-refractivity contribution < 1.29 is 14.4 Å². The second kappa shape index (κ2) is 11.1. The summed E-state index contributed by atoms with van der Waals surface area (Å²) in [6.45, 7) is 3.47. The van der Waals surface area contributed by atoms with Crippen LogP contribution >= 0.6 is 11.6 Å². The van der Waals surface area contributed by atoms with Gasteiger partial charge in [0.05, 0.1) is 11.0 Å². The molecule has 1 aromatic heterocycles. The summed E-state index contributed by atoms with van der Waals surface area (Å²) in [5.41, 5.74) is 3.69. The van der Waals surface area contributed by atoms with Crippen molar-refractivity contribution in [1.82, 2.24) is 25.5 Å². The first-order valence-corrected chi connectivity index (χ1v) is 13.0. The minimum Gasteiger partial charge on any atom is -0.350 e. The lowest BCUT2D eigenvalue weighted by Gasteiger charge is -2.19. The Morgan fingerprint density at radius 3 is 2.47 bits per heavy atom. The molecule has 3 N–H and O–H groups in total. The Morgan fingerprint density at radius 1 is 0.974 bits per heavy atom. The molecular formula is C29H28ClN5O3. The van der Waals surface area contributed by atoms with Crippen LogP contribution in [-0.4, -0.2) is 52.2 Å². The summed E-state index contributed by atoms with van der Waals surface area (Å²) < 4.78 is 0. The van der Waals surface area contributed by atoms with E-state index in [4.69, 9.17) is 11.6 Å². The number of rotatable bonds is 7. The van der Waals surface area contributed by atoms with E-state index in [9.17, 15) is 14.4 Å². The Hall–Kier alpha value is -4.17. The zero-order valence-corrected chi connectivity index (χ0v) is 21.7. The lowest BCUT2D eigenvalue weighted by Crippen LogP contribution is -2.38. The summed E-state index contributed by atoms with van der Waals surface area (Å²) in [5.74, 6) is -0.119. The van der Waals surface area contributed by atoms with Crippen LogP contribution in [0.25, 0.3) is 11.0 Å². The molecule has 1 atom stereocenters. The quantitative estimate of drug-likeness (QED) is 0.323. The van der Waals surface area contributed by atoms with Crippen molar-refractivity contribution in [3.05, 3.63) is 99.8 Å². The first-order chi connectivity index (χ1) is 18.4. The highest BCUT2D eigenvalue weighted by molar-refractivity contribution is 6.31. The zero-order valence-electron chi connectivity index (χ0n) is 21.0. The minimum atomic E-state index is -0.646. The highest BCUT2D eigenvalue weighted by Gasteiger charge is 2.24. The molecule has 9 heteroatoms. The second-order valence-corrected chi connectivity index (χ2v) is 9.85. The lowest BCUT2D eigenvalue weighted by molar-refractivity contribution is 0.0791. The fraction of sp³-hybridized carbons (Fsp3) is 0.241. The third kappa shape index (κ3) is 5.55. The molecule has 1 aliphatic rings.